The van der Waals surface area contributed by atoms with Crippen molar-refractivity contribution in [1.29, 1.82) is 0 Å². The molecule has 0 bridgehead atoms. The molecule has 1 aliphatic heterocycles. The van der Waals surface area contributed by atoms with Crippen LogP contribution < -0.4 is 4.90 Å². The third-order valence-electron chi connectivity index (χ3n) is 3.17. The molecule has 1 heterocycles. The summed E-state index contributed by atoms with van der Waals surface area (Å²) >= 11 is 8.36. The standard InChI is InChI=1S/C12H14ClIN2O2/c1-8-10(14)6-9(13)7-11(8)15-2-4-16(5-3-15)12(17)18/h6-7H,2-5H2,1H3,(H,17,18). The summed E-state index contributed by atoms with van der Waals surface area (Å²) in [4.78, 5) is 14.5. The van der Waals surface area contributed by atoms with Crippen molar-refractivity contribution in [2.24, 2.45) is 0 Å². The molecule has 1 aromatic rings. The van der Waals surface area contributed by atoms with Gasteiger partial charge in [0.2, 0.25) is 0 Å². The minimum absolute atomic E-state index is 0.540. The molecule has 1 fully saturated rings. The second-order valence-corrected chi connectivity index (χ2v) is 5.89. The molecule has 0 unspecified atom stereocenters. The van der Waals surface area contributed by atoms with Crippen LogP contribution in [0.25, 0.3) is 0 Å². The molecule has 1 N–H and O–H groups in total. The highest BCUT2D eigenvalue weighted by Crippen LogP contribution is 2.29. The molecular weight excluding hydrogens is 367 g/mol. The number of piperazine rings is 1. The summed E-state index contributed by atoms with van der Waals surface area (Å²) in [6.07, 6.45) is -0.841. The summed E-state index contributed by atoms with van der Waals surface area (Å²) in [5.74, 6) is 0. The van der Waals surface area contributed by atoms with Crippen LogP contribution >= 0.6 is 34.2 Å². The van der Waals surface area contributed by atoms with Gasteiger partial charge in [-0.1, -0.05) is 11.6 Å². The fourth-order valence-corrected chi connectivity index (χ4v) is 3.11. The number of anilines is 1. The number of benzene rings is 1. The maximum absolute atomic E-state index is 10.9. The predicted molar refractivity (Wildman–Crippen MR) is 80.7 cm³/mol. The van der Waals surface area contributed by atoms with Gasteiger partial charge in [-0.2, -0.15) is 0 Å². The van der Waals surface area contributed by atoms with Gasteiger partial charge in [-0.25, -0.2) is 4.79 Å². The van der Waals surface area contributed by atoms with Crippen molar-refractivity contribution in [3.05, 3.63) is 26.3 Å². The maximum atomic E-state index is 10.9. The monoisotopic (exact) mass is 380 g/mol. The van der Waals surface area contributed by atoms with Gasteiger partial charge in [0, 0.05) is 40.5 Å². The number of amides is 1. The summed E-state index contributed by atoms with van der Waals surface area (Å²) in [5.41, 5.74) is 2.31. The molecule has 0 saturated carbocycles. The molecule has 98 valence electrons. The van der Waals surface area contributed by atoms with Crippen molar-refractivity contribution in [3.8, 4) is 0 Å². The molecular formula is C12H14ClIN2O2. The fourth-order valence-electron chi connectivity index (χ4n) is 2.10. The molecule has 18 heavy (non-hydrogen) atoms. The number of carbonyl (C=O) groups is 1. The summed E-state index contributed by atoms with van der Waals surface area (Å²) in [6, 6.07) is 3.89. The molecule has 0 spiro atoms. The van der Waals surface area contributed by atoms with E-state index < -0.39 is 6.09 Å². The molecule has 2 rings (SSSR count). The van der Waals surface area contributed by atoms with E-state index in [0.717, 1.165) is 14.3 Å². The van der Waals surface area contributed by atoms with E-state index in [1.54, 1.807) is 0 Å². The minimum atomic E-state index is -0.841. The minimum Gasteiger partial charge on any atom is -0.465 e. The van der Waals surface area contributed by atoms with E-state index in [0.29, 0.717) is 26.2 Å². The Hall–Kier alpha value is -0.690. The Bertz CT molecular complexity index is 473. The van der Waals surface area contributed by atoms with Gasteiger partial charge < -0.3 is 14.9 Å². The van der Waals surface area contributed by atoms with Crippen LogP contribution in [-0.2, 0) is 0 Å². The largest absolute Gasteiger partial charge is 0.465 e. The second kappa shape index (κ2) is 5.52. The number of hydrogen-bond acceptors (Lipinski definition) is 2. The first-order chi connectivity index (χ1) is 8.49. The van der Waals surface area contributed by atoms with Gasteiger partial charge in [-0.3, -0.25) is 0 Å². The van der Waals surface area contributed by atoms with E-state index in [-0.39, 0.29) is 0 Å². The predicted octanol–water partition coefficient (Wildman–Crippen LogP) is 3.05. The Balaban J connectivity index is 2.17. The van der Waals surface area contributed by atoms with E-state index >= 15 is 0 Å². The van der Waals surface area contributed by atoms with Crippen molar-refractivity contribution < 1.29 is 9.90 Å². The van der Waals surface area contributed by atoms with Crippen LogP contribution in [0.15, 0.2) is 12.1 Å². The molecule has 1 aliphatic rings. The Morgan fingerprint density at radius 2 is 1.94 bits per heavy atom. The Kier molecular flexibility index (Phi) is 4.21. The number of carboxylic acid groups (broad SMARTS) is 1. The van der Waals surface area contributed by atoms with Crippen molar-refractivity contribution in [2.45, 2.75) is 6.92 Å². The summed E-state index contributed by atoms with van der Waals surface area (Å²) in [6.45, 7) is 4.57. The third-order valence-corrected chi connectivity index (χ3v) is 4.51. The van der Waals surface area contributed by atoms with Gasteiger partial charge in [0.25, 0.3) is 0 Å². The number of rotatable bonds is 1. The number of hydrogen-bond donors (Lipinski definition) is 1. The van der Waals surface area contributed by atoms with Gasteiger partial charge in [0.05, 0.1) is 0 Å². The molecule has 6 heteroatoms. The summed E-state index contributed by atoms with van der Waals surface area (Å²) < 4.78 is 1.13. The highest BCUT2D eigenvalue weighted by Gasteiger charge is 2.22. The van der Waals surface area contributed by atoms with Crippen LogP contribution in [0, 0.1) is 10.5 Å². The lowest BCUT2D eigenvalue weighted by molar-refractivity contribution is 0.142. The first-order valence-electron chi connectivity index (χ1n) is 5.67. The van der Waals surface area contributed by atoms with Crippen LogP contribution in [0.2, 0.25) is 5.02 Å². The van der Waals surface area contributed by atoms with E-state index in [1.807, 2.05) is 12.1 Å². The van der Waals surface area contributed by atoms with Gasteiger partial charge >= 0.3 is 6.09 Å². The highest BCUT2D eigenvalue weighted by molar-refractivity contribution is 14.1. The van der Waals surface area contributed by atoms with E-state index in [1.165, 1.54) is 10.5 Å². The topological polar surface area (TPSA) is 43.8 Å². The lowest BCUT2D eigenvalue weighted by Gasteiger charge is -2.35. The molecule has 1 amide bonds. The zero-order valence-corrected chi connectivity index (χ0v) is 12.9. The van der Waals surface area contributed by atoms with Gasteiger partial charge in [-0.05, 0) is 47.2 Å². The highest BCUT2D eigenvalue weighted by atomic mass is 127. The van der Waals surface area contributed by atoms with E-state index in [4.69, 9.17) is 16.7 Å². The first-order valence-corrected chi connectivity index (χ1v) is 7.13. The first kappa shape index (κ1) is 13.7. The number of halogens is 2. The lowest BCUT2D eigenvalue weighted by atomic mass is 10.1. The molecule has 0 aliphatic carbocycles. The lowest BCUT2D eigenvalue weighted by Crippen LogP contribution is -2.48. The average Bonchev–Trinajstić information content (AvgIpc) is 2.34. The Morgan fingerprint density at radius 3 is 2.50 bits per heavy atom. The van der Waals surface area contributed by atoms with Crippen LogP contribution in [0.1, 0.15) is 5.56 Å². The van der Waals surface area contributed by atoms with Crippen molar-refractivity contribution in [3.63, 3.8) is 0 Å². The van der Waals surface area contributed by atoms with E-state index in [9.17, 15) is 4.79 Å². The molecule has 0 radical (unpaired) electrons. The average molecular weight is 381 g/mol. The summed E-state index contributed by atoms with van der Waals surface area (Å²) in [5, 5.41) is 9.65. The van der Waals surface area contributed by atoms with Gasteiger partial charge in [-0.15, -0.1) is 0 Å². The van der Waals surface area contributed by atoms with Crippen molar-refractivity contribution in [2.75, 3.05) is 31.1 Å². The van der Waals surface area contributed by atoms with Crippen molar-refractivity contribution in [1.82, 2.24) is 4.90 Å². The molecule has 4 nitrogen and oxygen atoms in total. The Labute approximate surface area is 125 Å². The van der Waals surface area contributed by atoms with Crippen molar-refractivity contribution >= 4 is 46.0 Å². The fraction of sp³-hybridized carbons (Fsp3) is 0.417. The SMILES string of the molecule is Cc1c(I)cc(Cl)cc1N1CCN(C(=O)O)CC1. The zero-order valence-electron chi connectivity index (χ0n) is 9.99. The molecule has 1 aromatic carbocycles. The van der Waals surface area contributed by atoms with Gasteiger partial charge in [0.15, 0.2) is 0 Å². The molecule has 1 saturated heterocycles. The summed E-state index contributed by atoms with van der Waals surface area (Å²) in [7, 11) is 0. The number of nitrogens with zero attached hydrogens (tertiary/aromatic N) is 2. The maximum Gasteiger partial charge on any atom is 0.407 e. The quantitative estimate of drug-likeness (QED) is 0.762. The van der Waals surface area contributed by atoms with Crippen LogP contribution in [0.3, 0.4) is 0 Å². The van der Waals surface area contributed by atoms with Crippen LogP contribution in [-0.4, -0.2) is 42.3 Å². The normalized spacial score (nSPS) is 15.9. The van der Waals surface area contributed by atoms with Gasteiger partial charge in [0.1, 0.15) is 0 Å². The zero-order chi connectivity index (χ0) is 13.3. The second-order valence-electron chi connectivity index (χ2n) is 4.29. The smallest absolute Gasteiger partial charge is 0.407 e. The third kappa shape index (κ3) is 2.83. The Morgan fingerprint density at radius 1 is 1.33 bits per heavy atom. The van der Waals surface area contributed by atoms with Crippen LogP contribution in [0.4, 0.5) is 10.5 Å². The molecule has 0 atom stereocenters. The van der Waals surface area contributed by atoms with E-state index in [2.05, 4.69) is 34.4 Å². The molecule has 0 aromatic heterocycles. The van der Waals surface area contributed by atoms with Crippen LogP contribution in [0.5, 0.6) is 0 Å².